The quantitative estimate of drug-likeness (QED) is 0.634. The van der Waals surface area contributed by atoms with E-state index in [1.54, 1.807) is 13.0 Å². The van der Waals surface area contributed by atoms with Gasteiger partial charge in [-0.3, -0.25) is 19.6 Å². The summed E-state index contributed by atoms with van der Waals surface area (Å²) >= 11 is 6.24. The number of hydrazine groups is 1. The number of hydrogen-bond acceptors (Lipinski definition) is 3. The zero-order valence-electron chi connectivity index (χ0n) is 12.8. The van der Waals surface area contributed by atoms with Gasteiger partial charge in [0, 0.05) is 24.2 Å². The van der Waals surface area contributed by atoms with Crippen molar-refractivity contribution in [2.75, 3.05) is 13.1 Å². The molecule has 6 heteroatoms. The maximum Gasteiger partial charge on any atom is 0.258 e. The highest BCUT2D eigenvalue weighted by Gasteiger charge is 2.48. The normalized spacial score (nSPS) is 18.5. The Balaban J connectivity index is 2.03. The van der Waals surface area contributed by atoms with Crippen LogP contribution in [0.1, 0.15) is 43.2 Å². The summed E-state index contributed by atoms with van der Waals surface area (Å²) < 4.78 is 0. The molecule has 1 aromatic rings. The number of phenolic OH excluding ortho intramolecular Hbond substituents is 1. The van der Waals surface area contributed by atoms with Gasteiger partial charge in [-0.1, -0.05) is 17.5 Å². The maximum atomic E-state index is 12.7. The van der Waals surface area contributed by atoms with Crippen LogP contribution in [0.15, 0.2) is 12.1 Å². The molecule has 2 aliphatic heterocycles. The van der Waals surface area contributed by atoms with E-state index in [1.807, 2.05) is 0 Å². The number of benzene rings is 1. The summed E-state index contributed by atoms with van der Waals surface area (Å²) in [6, 6.07) is 3.02. The fourth-order valence-electron chi connectivity index (χ4n) is 3.16. The first kappa shape index (κ1) is 15.7. The second kappa shape index (κ2) is 6.13. The molecule has 2 fully saturated rings. The van der Waals surface area contributed by atoms with Gasteiger partial charge in [-0.15, -0.1) is 5.92 Å². The van der Waals surface area contributed by atoms with Crippen molar-refractivity contribution in [3.05, 3.63) is 28.3 Å². The van der Waals surface area contributed by atoms with Gasteiger partial charge in [-0.2, -0.15) is 0 Å². The summed E-state index contributed by atoms with van der Waals surface area (Å²) in [5.74, 6) is 3.66. The van der Waals surface area contributed by atoms with E-state index in [1.165, 1.54) is 16.1 Å². The summed E-state index contributed by atoms with van der Waals surface area (Å²) in [6.45, 7) is 2.73. The van der Waals surface area contributed by atoms with Crippen LogP contribution in [-0.2, 0) is 9.59 Å². The standard InChI is InChI=1S/C17H17ClN2O3/c1-2-6-11-9-12(18)14(13(21)10-11)15-16(22)19-7-4-3-5-8-20(19)17(15)23/h9-10,15,21H,3-5,7-8H2,1H3. The molecule has 0 bridgehead atoms. The molecule has 2 heterocycles. The largest absolute Gasteiger partial charge is 0.508 e. The van der Waals surface area contributed by atoms with Gasteiger partial charge < -0.3 is 5.11 Å². The minimum Gasteiger partial charge on any atom is -0.508 e. The molecule has 0 radical (unpaired) electrons. The highest BCUT2D eigenvalue weighted by Crippen LogP contribution is 2.40. The van der Waals surface area contributed by atoms with Crippen LogP contribution in [0.3, 0.4) is 0 Å². The number of hydrogen-bond donors (Lipinski definition) is 1. The molecule has 23 heavy (non-hydrogen) atoms. The van der Waals surface area contributed by atoms with Crippen molar-refractivity contribution in [1.29, 1.82) is 0 Å². The van der Waals surface area contributed by atoms with Gasteiger partial charge in [0.05, 0.1) is 5.02 Å². The topological polar surface area (TPSA) is 60.9 Å². The van der Waals surface area contributed by atoms with Crippen molar-refractivity contribution in [3.8, 4) is 17.6 Å². The number of halogens is 1. The lowest BCUT2D eigenvalue weighted by molar-refractivity contribution is -0.145. The number of carbonyl (C=O) groups is 2. The smallest absolute Gasteiger partial charge is 0.258 e. The van der Waals surface area contributed by atoms with E-state index in [0.29, 0.717) is 18.7 Å². The molecule has 0 unspecified atom stereocenters. The SMILES string of the molecule is CC#Cc1cc(O)c(C2C(=O)N3CCCCCN3C2=O)c(Cl)c1. The molecule has 1 N–H and O–H groups in total. The molecule has 2 amide bonds. The Morgan fingerprint density at radius 2 is 1.74 bits per heavy atom. The summed E-state index contributed by atoms with van der Waals surface area (Å²) in [4.78, 5) is 25.4. The van der Waals surface area contributed by atoms with Crippen LogP contribution in [0.2, 0.25) is 5.02 Å². The van der Waals surface area contributed by atoms with Gasteiger partial charge in [0.2, 0.25) is 0 Å². The average molecular weight is 333 g/mol. The zero-order valence-corrected chi connectivity index (χ0v) is 13.6. The van der Waals surface area contributed by atoms with E-state index in [-0.39, 0.29) is 28.1 Å². The lowest BCUT2D eigenvalue weighted by Crippen LogP contribution is -2.40. The van der Waals surface area contributed by atoms with E-state index in [9.17, 15) is 14.7 Å². The summed E-state index contributed by atoms with van der Waals surface area (Å²) in [6.07, 6.45) is 2.73. The molecule has 0 saturated carbocycles. The number of nitrogens with zero attached hydrogens (tertiary/aromatic N) is 2. The predicted octanol–water partition coefficient (Wildman–Crippen LogP) is 2.27. The van der Waals surface area contributed by atoms with Crippen LogP contribution in [0.4, 0.5) is 0 Å². The van der Waals surface area contributed by atoms with E-state index >= 15 is 0 Å². The van der Waals surface area contributed by atoms with E-state index in [4.69, 9.17) is 11.6 Å². The number of amides is 2. The van der Waals surface area contributed by atoms with Gasteiger partial charge in [-0.05, 0) is 38.3 Å². The lowest BCUT2D eigenvalue weighted by Gasteiger charge is -2.24. The van der Waals surface area contributed by atoms with Crippen molar-refractivity contribution >= 4 is 23.4 Å². The molecule has 2 saturated heterocycles. The Kier molecular flexibility index (Phi) is 4.18. The fourth-order valence-corrected chi connectivity index (χ4v) is 3.48. The fraction of sp³-hybridized carbons (Fsp3) is 0.412. The van der Waals surface area contributed by atoms with Crippen molar-refractivity contribution in [2.24, 2.45) is 0 Å². The summed E-state index contributed by atoms with van der Waals surface area (Å²) in [5, 5.41) is 13.5. The molecule has 0 aliphatic carbocycles. The van der Waals surface area contributed by atoms with Crippen LogP contribution < -0.4 is 0 Å². The Bertz CT molecular complexity index is 688. The van der Waals surface area contributed by atoms with Gasteiger partial charge >= 0.3 is 0 Å². The number of aromatic hydroxyl groups is 1. The Hall–Kier alpha value is -2.19. The van der Waals surface area contributed by atoms with Crippen molar-refractivity contribution in [2.45, 2.75) is 32.1 Å². The van der Waals surface area contributed by atoms with Crippen LogP contribution in [0.5, 0.6) is 5.75 Å². The second-order valence-corrected chi connectivity index (χ2v) is 6.09. The Labute approximate surface area is 139 Å². The highest BCUT2D eigenvalue weighted by molar-refractivity contribution is 6.32. The summed E-state index contributed by atoms with van der Waals surface area (Å²) in [7, 11) is 0. The molecule has 3 rings (SSSR count). The first-order chi connectivity index (χ1) is 11.0. The Morgan fingerprint density at radius 3 is 2.26 bits per heavy atom. The molecule has 2 aliphatic rings. The molecule has 0 atom stereocenters. The van der Waals surface area contributed by atoms with Crippen molar-refractivity contribution in [1.82, 2.24) is 10.0 Å². The highest BCUT2D eigenvalue weighted by atomic mass is 35.5. The Morgan fingerprint density at radius 1 is 1.13 bits per heavy atom. The maximum absolute atomic E-state index is 12.7. The molecular formula is C17H17ClN2O3. The van der Waals surface area contributed by atoms with Gasteiger partial charge in [-0.25, -0.2) is 0 Å². The first-order valence-corrected chi connectivity index (χ1v) is 8.00. The summed E-state index contributed by atoms with van der Waals surface area (Å²) in [5.41, 5.74) is 0.725. The molecule has 1 aromatic carbocycles. The molecule has 0 spiro atoms. The van der Waals surface area contributed by atoms with Gasteiger partial charge in [0.1, 0.15) is 5.75 Å². The third kappa shape index (κ3) is 2.64. The van der Waals surface area contributed by atoms with E-state index in [0.717, 1.165) is 19.3 Å². The molecular weight excluding hydrogens is 316 g/mol. The van der Waals surface area contributed by atoms with Crippen LogP contribution in [0, 0.1) is 11.8 Å². The van der Waals surface area contributed by atoms with Gasteiger partial charge in [0.15, 0.2) is 5.92 Å². The van der Waals surface area contributed by atoms with Gasteiger partial charge in [0.25, 0.3) is 11.8 Å². The van der Waals surface area contributed by atoms with Crippen LogP contribution in [0.25, 0.3) is 0 Å². The molecule has 120 valence electrons. The number of rotatable bonds is 1. The third-order valence-electron chi connectivity index (χ3n) is 4.20. The lowest BCUT2D eigenvalue weighted by atomic mass is 9.95. The first-order valence-electron chi connectivity index (χ1n) is 7.62. The van der Waals surface area contributed by atoms with Crippen molar-refractivity contribution in [3.63, 3.8) is 0 Å². The monoisotopic (exact) mass is 332 g/mol. The third-order valence-corrected chi connectivity index (χ3v) is 4.51. The zero-order chi connectivity index (χ0) is 16.6. The minimum atomic E-state index is -1.07. The van der Waals surface area contributed by atoms with E-state index < -0.39 is 5.92 Å². The number of fused-ring (bicyclic) bond motifs is 1. The second-order valence-electron chi connectivity index (χ2n) is 5.68. The minimum absolute atomic E-state index is 0.166. The van der Waals surface area contributed by atoms with Crippen LogP contribution >= 0.6 is 11.6 Å². The predicted molar refractivity (Wildman–Crippen MR) is 85.7 cm³/mol. The molecule has 5 nitrogen and oxygen atoms in total. The number of carbonyl (C=O) groups excluding carboxylic acids is 2. The average Bonchev–Trinajstić information content (AvgIpc) is 2.70. The number of phenols is 1. The van der Waals surface area contributed by atoms with Crippen molar-refractivity contribution < 1.29 is 14.7 Å². The van der Waals surface area contributed by atoms with E-state index in [2.05, 4.69) is 11.8 Å². The molecule has 0 aromatic heterocycles. The van der Waals surface area contributed by atoms with Crippen LogP contribution in [-0.4, -0.2) is 40.0 Å².